The number of cyclic esters (lactones) is 2. The summed E-state index contributed by atoms with van der Waals surface area (Å²) in [6, 6.07) is 0. The lowest BCUT2D eigenvalue weighted by Crippen LogP contribution is -2.21. The fourth-order valence-electron chi connectivity index (χ4n) is 0.580. The van der Waals surface area contributed by atoms with Crippen molar-refractivity contribution in [2.75, 3.05) is 7.11 Å². The van der Waals surface area contributed by atoms with Crippen molar-refractivity contribution in [3.63, 3.8) is 0 Å². The van der Waals surface area contributed by atoms with Crippen LogP contribution in [0, 0.1) is 0 Å². The van der Waals surface area contributed by atoms with Gasteiger partial charge in [0, 0.05) is 0 Å². The topological polar surface area (TPSA) is 61.8 Å². The minimum Gasteiger partial charge on any atom is -0.497 e. The maximum absolute atomic E-state index is 10.5. The summed E-state index contributed by atoms with van der Waals surface area (Å²) in [4.78, 5) is 21.1. The highest BCUT2D eigenvalue weighted by atomic mass is 16.7. The van der Waals surface area contributed by atoms with E-state index >= 15 is 0 Å². The highest BCUT2D eigenvalue weighted by Gasteiger charge is 2.23. The van der Waals surface area contributed by atoms with Gasteiger partial charge < -0.3 is 14.2 Å². The molecule has 60 valence electrons. The van der Waals surface area contributed by atoms with Crippen LogP contribution in [0.2, 0.25) is 0 Å². The van der Waals surface area contributed by atoms with Gasteiger partial charge in [-0.2, -0.15) is 0 Å². The Morgan fingerprint density at radius 1 is 1.36 bits per heavy atom. The molecule has 1 rings (SSSR count). The predicted molar refractivity (Wildman–Crippen MR) is 31.9 cm³/mol. The summed E-state index contributed by atoms with van der Waals surface area (Å²) < 4.78 is 13.4. The Kier molecular flexibility index (Phi) is 2.10. The Bertz CT molecular complexity index is 199. The SMILES string of the molecule is COC=C1OC(=O)CC(=O)O1. The van der Waals surface area contributed by atoms with Crippen molar-refractivity contribution in [2.45, 2.75) is 6.42 Å². The maximum Gasteiger partial charge on any atom is 0.331 e. The standard InChI is InChI=1S/C6H6O5/c1-9-3-6-10-4(7)2-5(8)11-6/h3H,2H2,1H3. The third kappa shape index (κ3) is 1.96. The van der Waals surface area contributed by atoms with Gasteiger partial charge >= 0.3 is 17.9 Å². The molecular weight excluding hydrogens is 152 g/mol. The molecule has 0 aliphatic carbocycles. The van der Waals surface area contributed by atoms with Gasteiger partial charge in [0.1, 0.15) is 6.42 Å². The van der Waals surface area contributed by atoms with Crippen LogP contribution in [0.25, 0.3) is 0 Å². The monoisotopic (exact) mass is 158 g/mol. The molecule has 0 aromatic rings. The smallest absolute Gasteiger partial charge is 0.331 e. The lowest BCUT2D eigenvalue weighted by atomic mass is 10.4. The number of rotatable bonds is 1. The highest BCUT2D eigenvalue weighted by Crippen LogP contribution is 2.10. The van der Waals surface area contributed by atoms with Gasteiger partial charge in [-0.25, -0.2) is 0 Å². The number of carbonyl (C=O) groups excluding carboxylic acids is 2. The van der Waals surface area contributed by atoms with E-state index < -0.39 is 11.9 Å². The molecule has 0 atom stereocenters. The molecule has 0 aromatic heterocycles. The van der Waals surface area contributed by atoms with E-state index in [1.807, 2.05) is 0 Å². The third-order valence-corrected chi connectivity index (χ3v) is 0.932. The molecule has 0 N–H and O–H groups in total. The van der Waals surface area contributed by atoms with E-state index in [0.717, 1.165) is 6.26 Å². The van der Waals surface area contributed by atoms with Crippen LogP contribution < -0.4 is 0 Å². The Morgan fingerprint density at radius 2 is 1.91 bits per heavy atom. The van der Waals surface area contributed by atoms with Crippen molar-refractivity contribution in [2.24, 2.45) is 0 Å². The molecule has 0 bridgehead atoms. The van der Waals surface area contributed by atoms with E-state index in [-0.39, 0.29) is 12.4 Å². The zero-order valence-electron chi connectivity index (χ0n) is 5.83. The van der Waals surface area contributed by atoms with Crippen molar-refractivity contribution in [1.29, 1.82) is 0 Å². The van der Waals surface area contributed by atoms with Gasteiger partial charge in [0.25, 0.3) is 0 Å². The molecule has 1 aliphatic rings. The molecule has 0 unspecified atom stereocenters. The van der Waals surface area contributed by atoms with Crippen LogP contribution in [0.3, 0.4) is 0 Å². The number of hydrogen-bond donors (Lipinski definition) is 0. The minimum atomic E-state index is -0.635. The highest BCUT2D eigenvalue weighted by molar-refractivity contribution is 5.93. The molecular formula is C6H6O5. The van der Waals surface area contributed by atoms with Crippen molar-refractivity contribution in [1.82, 2.24) is 0 Å². The van der Waals surface area contributed by atoms with E-state index in [9.17, 15) is 9.59 Å². The molecule has 1 heterocycles. The van der Waals surface area contributed by atoms with Crippen LogP contribution in [0.5, 0.6) is 0 Å². The maximum atomic E-state index is 10.5. The summed E-state index contributed by atoms with van der Waals surface area (Å²) in [5.41, 5.74) is 0. The van der Waals surface area contributed by atoms with Gasteiger partial charge in [-0.05, 0) is 0 Å². The first-order valence-corrected chi connectivity index (χ1v) is 2.86. The largest absolute Gasteiger partial charge is 0.497 e. The number of carbonyl (C=O) groups is 2. The Hall–Kier alpha value is -1.52. The Morgan fingerprint density at radius 3 is 2.36 bits per heavy atom. The third-order valence-electron chi connectivity index (χ3n) is 0.932. The molecule has 5 nitrogen and oxygen atoms in total. The Labute approximate surface area is 62.5 Å². The van der Waals surface area contributed by atoms with Crippen LogP contribution in [-0.4, -0.2) is 19.0 Å². The molecule has 1 aliphatic heterocycles. The summed E-state index contributed by atoms with van der Waals surface area (Å²) in [6.45, 7) is 0. The molecule has 0 amide bonds. The van der Waals surface area contributed by atoms with Gasteiger partial charge in [-0.3, -0.25) is 9.59 Å². The Balaban J connectivity index is 2.63. The van der Waals surface area contributed by atoms with Crippen molar-refractivity contribution >= 4 is 11.9 Å². The molecule has 0 radical (unpaired) electrons. The fourth-order valence-corrected chi connectivity index (χ4v) is 0.580. The molecule has 0 saturated carbocycles. The van der Waals surface area contributed by atoms with E-state index in [1.54, 1.807) is 0 Å². The average Bonchev–Trinajstić information content (AvgIpc) is 1.85. The predicted octanol–water partition coefficient (Wildman–Crippen LogP) is -0.0782. The molecule has 0 spiro atoms. The van der Waals surface area contributed by atoms with E-state index in [4.69, 9.17) is 0 Å². The number of hydrogen-bond acceptors (Lipinski definition) is 5. The first-order valence-electron chi connectivity index (χ1n) is 2.86. The first-order chi connectivity index (χ1) is 5.22. The fraction of sp³-hybridized carbons (Fsp3) is 0.333. The van der Waals surface area contributed by atoms with Gasteiger partial charge in [-0.15, -0.1) is 0 Å². The summed E-state index contributed by atoms with van der Waals surface area (Å²) in [6.07, 6.45) is 0.690. The second-order valence-corrected chi connectivity index (χ2v) is 1.80. The number of esters is 2. The van der Waals surface area contributed by atoms with Crippen molar-refractivity contribution in [3.05, 3.63) is 12.2 Å². The van der Waals surface area contributed by atoms with Crippen molar-refractivity contribution in [3.8, 4) is 0 Å². The minimum absolute atomic E-state index is 0.214. The molecule has 0 aromatic carbocycles. The first kappa shape index (κ1) is 7.59. The van der Waals surface area contributed by atoms with Crippen LogP contribution in [0.4, 0.5) is 0 Å². The second-order valence-electron chi connectivity index (χ2n) is 1.80. The van der Waals surface area contributed by atoms with Gasteiger partial charge in [0.2, 0.25) is 0 Å². The molecule has 1 saturated heterocycles. The number of methoxy groups -OCH3 is 1. The molecule has 11 heavy (non-hydrogen) atoms. The molecule has 5 heteroatoms. The zero-order chi connectivity index (χ0) is 8.27. The summed E-state index contributed by atoms with van der Waals surface area (Å²) in [5, 5.41) is 0. The summed E-state index contributed by atoms with van der Waals surface area (Å²) >= 11 is 0. The number of ether oxygens (including phenoxy) is 3. The summed E-state index contributed by atoms with van der Waals surface area (Å²) in [5.74, 6) is -1.48. The lowest BCUT2D eigenvalue weighted by molar-refractivity contribution is -0.167. The molecule has 1 fully saturated rings. The second kappa shape index (κ2) is 3.05. The van der Waals surface area contributed by atoms with Gasteiger partial charge in [-0.1, -0.05) is 0 Å². The zero-order valence-corrected chi connectivity index (χ0v) is 5.83. The summed E-state index contributed by atoms with van der Waals surface area (Å²) in [7, 11) is 1.35. The van der Waals surface area contributed by atoms with Crippen LogP contribution in [0.15, 0.2) is 12.2 Å². The van der Waals surface area contributed by atoms with Crippen LogP contribution in [-0.2, 0) is 23.8 Å². The van der Waals surface area contributed by atoms with Crippen LogP contribution in [0.1, 0.15) is 6.42 Å². The van der Waals surface area contributed by atoms with Gasteiger partial charge in [0.05, 0.1) is 7.11 Å². The van der Waals surface area contributed by atoms with E-state index in [0.29, 0.717) is 0 Å². The van der Waals surface area contributed by atoms with E-state index in [1.165, 1.54) is 7.11 Å². The van der Waals surface area contributed by atoms with Gasteiger partial charge in [0.15, 0.2) is 6.26 Å². The van der Waals surface area contributed by atoms with Crippen molar-refractivity contribution < 1.29 is 23.8 Å². The van der Waals surface area contributed by atoms with E-state index in [2.05, 4.69) is 14.2 Å². The average molecular weight is 158 g/mol. The normalized spacial score (nSPS) is 17.0. The quantitative estimate of drug-likeness (QED) is 0.303. The lowest BCUT2D eigenvalue weighted by Gasteiger charge is -2.12. The van der Waals surface area contributed by atoms with Crippen LogP contribution >= 0.6 is 0 Å².